The highest BCUT2D eigenvalue weighted by Gasteiger charge is 2.25. The lowest BCUT2D eigenvalue weighted by Crippen LogP contribution is -2.27. The van der Waals surface area contributed by atoms with Gasteiger partial charge in [0.05, 0.1) is 4.92 Å². The van der Waals surface area contributed by atoms with Crippen molar-refractivity contribution < 1.29 is 19.6 Å². The molecule has 0 radical (unpaired) electrons. The number of nitrogens with zero attached hydrogens (tertiary/aromatic N) is 1. The summed E-state index contributed by atoms with van der Waals surface area (Å²) < 4.78 is 5.76. The summed E-state index contributed by atoms with van der Waals surface area (Å²) in [6.07, 6.45) is 0.981. The topological polar surface area (TPSA) is 114 Å². The molecule has 1 aliphatic rings. The van der Waals surface area contributed by atoms with Crippen molar-refractivity contribution in [2.45, 2.75) is 25.0 Å². The number of ether oxygens (including phenoxy) is 1. The van der Waals surface area contributed by atoms with Crippen LogP contribution in [0.3, 0.4) is 0 Å². The third-order valence-corrected chi connectivity index (χ3v) is 5.08. The van der Waals surface area contributed by atoms with Crippen molar-refractivity contribution in [3.63, 3.8) is 0 Å². The summed E-state index contributed by atoms with van der Waals surface area (Å²) in [4.78, 5) is 23.1. The number of aliphatic hydroxyl groups is 1. The first-order valence-corrected chi connectivity index (χ1v) is 10.1. The molecule has 8 heteroatoms. The molecule has 3 aromatic rings. The number of anilines is 1. The second-order valence-corrected chi connectivity index (χ2v) is 7.56. The molecule has 3 aromatic carbocycles. The highest BCUT2D eigenvalue weighted by Crippen LogP contribution is 2.27. The van der Waals surface area contributed by atoms with Crippen molar-refractivity contribution >= 4 is 28.1 Å². The van der Waals surface area contributed by atoms with E-state index in [4.69, 9.17) is 4.74 Å². The van der Waals surface area contributed by atoms with Crippen LogP contribution < -0.4 is 15.4 Å². The molecule has 1 saturated carbocycles. The van der Waals surface area contributed by atoms with Gasteiger partial charge in [-0.15, -0.1) is 0 Å². The van der Waals surface area contributed by atoms with Crippen molar-refractivity contribution in [3.05, 3.63) is 76.3 Å². The van der Waals surface area contributed by atoms with Crippen LogP contribution >= 0.6 is 0 Å². The van der Waals surface area contributed by atoms with Crippen LogP contribution in [0.25, 0.3) is 10.8 Å². The molecule has 0 spiro atoms. The third-order valence-electron chi connectivity index (χ3n) is 5.08. The van der Waals surface area contributed by atoms with Gasteiger partial charge in [-0.1, -0.05) is 36.4 Å². The van der Waals surface area contributed by atoms with Gasteiger partial charge in [0.15, 0.2) is 0 Å². The van der Waals surface area contributed by atoms with Crippen LogP contribution in [0.5, 0.6) is 5.75 Å². The van der Waals surface area contributed by atoms with Crippen molar-refractivity contribution in [2.24, 2.45) is 0 Å². The molecular weight excluding hydrogens is 398 g/mol. The highest BCUT2D eigenvalue weighted by molar-refractivity contribution is 5.96. The fourth-order valence-corrected chi connectivity index (χ4v) is 3.26. The first-order valence-electron chi connectivity index (χ1n) is 10.1. The molecule has 160 valence electrons. The molecule has 31 heavy (non-hydrogen) atoms. The zero-order chi connectivity index (χ0) is 21.8. The van der Waals surface area contributed by atoms with Gasteiger partial charge in [0, 0.05) is 29.6 Å². The SMILES string of the molecule is O=C(NC1CC1)c1ccc(NCC(O)COc2cccc3ccccc23)c([N+](=O)[O-])c1. The minimum absolute atomic E-state index is 0.0245. The summed E-state index contributed by atoms with van der Waals surface area (Å²) in [7, 11) is 0. The van der Waals surface area contributed by atoms with Crippen LogP contribution in [0, 0.1) is 10.1 Å². The number of amides is 1. The van der Waals surface area contributed by atoms with Gasteiger partial charge in [0.25, 0.3) is 11.6 Å². The van der Waals surface area contributed by atoms with E-state index in [2.05, 4.69) is 10.6 Å². The number of nitrogens with one attached hydrogen (secondary N) is 2. The Hall–Kier alpha value is -3.65. The fourth-order valence-electron chi connectivity index (χ4n) is 3.26. The predicted octanol–water partition coefficient (Wildman–Crippen LogP) is 3.49. The molecule has 0 heterocycles. The molecule has 0 saturated heterocycles. The summed E-state index contributed by atoms with van der Waals surface area (Å²) in [5.41, 5.74) is 0.256. The van der Waals surface area contributed by atoms with Gasteiger partial charge < -0.3 is 20.5 Å². The zero-order valence-electron chi connectivity index (χ0n) is 16.8. The number of benzene rings is 3. The van der Waals surface area contributed by atoms with Gasteiger partial charge in [-0.05, 0) is 36.4 Å². The summed E-state index contributed by atoms with van der Waals surface area (Å²) in [5, 5.41) is 29.4. The van der Waals surface area contributed by atoms with Gasteiger partial charge in [-0.25, -0.2) is 0 Å². The second-order valence-electron chi connectivity index (χ2n) is 7.56. The maximum absolute atomic E-state index is 12.1. The Labute approximate surface area is 179 Å². The van der Waals surface area contributed by atoms with E-state index in [-0.39, 0.29) is 42.0 Å². The van der Waals surface area contributed by atoms with Gasteiger partial charge in [-0.3, -0.25) is 14.9 Å². The van der Waals surface area contributed by atoms with E-state index in [0.717, 1.165) is 23.6 Å². The van der Waals surface area contributed by atoms with Crippen LogP contribution in [-0.4, -0.2) is 41.2 Å². The van der Waals surface area contributed by atoms with Crippen molar-refractivity contribution in [3.8, 4) is 5.75 Å². The summed E-state index contributed by atoms with van der Waals surface area (Å²) in [6, 6.07) is 17.9. The van der Waals surface area contributed by atoms with Crippen molar-refractivity contribution in [2.75, 3.05) is 18.5 Å². The normalized spacial score (nSPS) is 14.1. The average molecular weight is 421 g/mol. The molecule has 1 amide bonds. The van der Waals surface area contributed by atoms with E-state index in [1.807, 2.05) is 42.5 Å². The molecule has 1 atom stereocenters. The van der Waals surface area contributed by atoms with Crippen molar-refractivity contribution in [1.82, 2.24) is 5.32 Å². The molecule has 8 nitrogen and oxygen atoms in total. The largest absolute Gasteiger partial charge is 0.490 e. The van der Waals surface area contributed by atoms with Crippen molar-refractivity contribution in [1.29, 1.82) is 0 Å². The third kappa shape index (κ3) is 5.10. The molecule has 0 bridgehead atoms. The van der Waals surface area contributed by atoms with Crippen LogP contribution in [0.4, 0.5) is 11.4 Å². The number of carbonyl (C=O) groups is 1. The summed E-state index contributed by atoms with van der Waals surface area (Å²) in [6.45, 7) is 0.0793. The molecule has 3 N–H and O–H groups in total. The molecule has 4 rings (SSSR count). The highest BCUT2D eigenvalue weighted by atomic mass is 16.6. The van der Waals surface area contributed by atoms with Gasteiger partial charge >= 0.3 is 0 Å². The molecule has 1 aliphatic carbocycles. The zero-order valence-corrected chi connectivity index (χ0v) is 16.8. The Kier molecular flexibility index (Phi) is 5.99. The number of aliphatic hydroxyl groups excluding tert-OH is 1. The number of nitro benzene ring substituents is 1. The summed E-state index contributed by atoms with van der Waals surface area (Å²) in [5.74, 6) is 0.342. The van der Waals surface area contributed by atoms with Crippen LogP contribution in [0.1, 0.15) is 23.2 Å². The van der Waals surface area contributed by atoms with E-state index in [9.17, 15) is 20.0 Å². The number of nitro groups is 1. The van der Waals surface area contributed by atoms with Gasteiger partial charge in [-0.2, -0.15) is 0 Å². The Balaban J connectivity index is 1.37. The van der Waals surface area contributed by atoms with Crippen LogP contribution in [0.15, 0.2) is 60.7 Å². The monoisotopic (exact) mass is 421 g/mol. The minimum Gasteiger partial charge on any atom is -0.490 e. The van der Waals surface area contributed by atoms with E-state index in [1.54, 1.807) is 0 Å². The Morgan fingerprint density at radius 1 is 1.16 bits per heavy atom. The van der Waals surface area contributed by atoms with E-state index < -0.39 is 11.0 Å². The first kappa shape index (κ1) is 20.6. The number of rotatable bonds is 9. The molecule has 0 aliphatic heterocycles. The fraction of sp³-hybridized carbons (Fsp3) is 0.261. The average Bonchev–Trinajstić information content (AvgIpc) is 3.60. The lowest BCUT2D eigenvalue weighted by Gasteiger charge is -2.15. The quantitative estimate of drug-likeness (QED) is 0.360. The lowest BCUT2D eigenvalue weighted by atomic mass is 10.1. The number of hydrogen-bond acceptors (Lipinski definition) is 6. The van der Waals surface area contributed by atoms with Gasteiger partial charge in [0.2, 0.25) is 0 Å². The van der Waals surface area contributed by atoms with Gasteiger partial charge in [0.1, 0.15) is 24.1 Å². The van der Waals surface area contributed by atoms with E-state index >= 15 is 0 Å². The van der Waals surface area contributed by atoms with Crippen LogP contribution in [-0.2, 0) is 0 Å². The molecule has 1 unspecified atom stereocenters. The molecule has 1 fully saturated rings. The Morgan fingerprint density at radius 3 is 2.71 bits per heavy atom. The standard InChI is InChI=1S/C23H23N3O5/c27-18(14-31-22-7-3-5-15-4-1-2-6-19(15)22)13-24-20-11-8-16(12-21(20)26(29)30)23(28)25-17-9-10-17/h1-8,11-12,17-18,24,27H,9-10,13-14H2,(H,25,28). The molecule has 0 aromatic heterocycles. The number of carbonyl (C=O) groups excluding carboxylic acids is 1. The predicted molar refractivity (Wildman–Crippen MR) is 118 cm³/mol. The lowest BCUT2D eigenvalue weighted by molar-refractivity contribution is -0.384. The minimum atomic E-state index is -0.892. The maximum Gasteiger partial charge on any atom is 0.293 e. The van der Waals surface area contributed by atoms with Crippen LogP contribution in [0.2, 0.25) is 0 Å². The smallest absolute Gasteiger partial charge is 0.293 e. The second kappa shape index (κ2) is 9.01. The Morgan fingerprint density at radius 2 is 1.94 bits per heavy atom. The number of fused-ring (bicyclic) bond motifs is 1. The first-order chi connectivity index (χ1) is 15.0. The molecular formula is C23H23N3O5. The van der Waals surface area contributed by atoms with E-state index in [1.165, 1.54) is 18.2 Å². The number of hydrogen-bond donors (Lipinski definition) is 3. The summed E-state index contributed by atoms with van der Waals surface area (Å²) >= 11 is 0. The van der Waals surface area contributed by atoms with E-state index in [0.29, 0.717) is 5.75 Å². The maximum atomic E-state index is 12.1. The Bertz CT molecular complexity index is 1110.